The third-order valence-electron chi connectivity index (χ3n) is 4.52. The van der Waals surface area contributed by atoms with Crippen LogP contribution in [0.2, 0.25) is 0 Å². The first-order valence-electron chi connectivity index (χ1n) is 10.5. The first kappa shape index (κ1) is 22.6. The van der Waals surface area contributed by atoms with E-state index in [-0.39, 0.29) is 0 Å². The fraction of sp³-hybridized carbons (Fsp3) is 0.857. The van der Waals surface area contributed by atoms with Gasteiger partial charge in [0.05, 0.1) is 12.9 Å². The van der Waals surface area contributed by atoms with Gasteiger partial charge < -0.3 is 9.30 Å². The van der Waals surface area contributed by atoms with E-state index < -0.39 is 0 Å². The Kier molecular flexibility index (Phi) is 15.3. The Hall–Kier alpha value is -0.480. The summed E-state index contributed by atoms with van der Waals surface area (Å²) in [5.41, 5.74) is 0. The molecule has 0 saturated heterocycles. The molecule has 0 radical (unpaired) electrons. The van der Waals surface area contributed by atoms with Gasteiger partial charge >= 0.3 is 0 Å². The highest BCUT2D eigenvalue weighted by atomic mass is 32.2. The van der Waals surface area contributed by atoms with Crippen LogP contribution in [0.25, 0.3) is 0 Å². The first-order chi connectivity index (χ1) is 12.4. The molecule has 0 aliphatic heterocycles. The van der Waals surface area contributed by atoms with E-state index in [0.717, 1.165) is 19.8 Å². The molecule has 3 nitrogen and oxygen atoms in total. The van der Waals surface area contributed by atoms with E-state index >= 15 is 0 Å². The SMILES string of the molecule is CCCCCCCCOCC(Cn1ccnc1)SCCCCCCC. The van der Waals surface area contributed by atoms with E-state index in [1.54, 1.807) is 0 Å². The molecule has 146 valence electrons. The number of imidazole rings is 1. The predicted octanol–water partition coefficient (Wildman–Crippen LogP) is 6.33. The number of unbranched alkanes of at least 4 members (excludes halogenated alkanes) is 9. The second kappa shape index (κ2) is 17.0. The Balaban J connectivity index is 2.13. The van der Waals surface area contributed by atoms with Crippen molar-refractivity contribution in [2.75, 3.05) is 19.0 Å². The number of hydrogen-bond acceptors (Lipinski definition) is 3. The van der Waals surface area contributed by atoms with E-state index in [2.05, 4.69) is 41.4 Å². The van der Waals surface area contributed by atoms with Crippen LogP contribution in [0.1, 0.15) is 84.5 Å². The van der Waals surface area contributed by atoms with Gasteiger partial charge in [-0.2, -0.15) is 11.8 Å². The van der Waals surface area contributed by atoms with E-state index in [1.807, 2.05) is 12.5 Å². The summed E-state index contributed by atoms with van der Waals surface area (Å²) < 4.78 is 8.18. The monoisotopic (exact) mass is 368 g/mol. The Morgan fingerprint density at radius 2 is 1.60 bits per heavy atom. The zero-order chi connectivity index (χ0) is 18.0. The van der Waals surface area contributed by atoms with E-state index in [4.69, 9.17) is 4.74 Å². The maximum atomic E-state index is 5.99. The van der Waals surface area contributed by atoms with Crippen molar-refractivity contribution in [3.63, 3.8) is 0 Å². The van der Waals surface area contributed by atoms with Gasteiger partial charge in [-0.15, -0.1) is 0 Å². The smallest absolute Gasteiger partial charge is 0.0946 e. The molecule has 0 aromatic carbocycles. The zero-order valence-electron chi connectivity index (χ0n) is 16.6. The molecular formula is C21H40N2OS. The highest BCUT2D eigenvalue weighted by Crippen LogP contribution is 2.17. The van der Waals surface area contributed by atoms with Gasteiger partial charge in [0.2, 0.25) is 0 Å². The van der Waals surface area contributed by atoms with E-state index in [1.165, 1.54) is 76.4 Å². The largest absolute Gasteiger partial charge is 0.380 e. The highest BCUT2D eigenvalue weighted by molar-refractivity contribution is 7.99. The van der Waals surface area contributed by atoms with Crippen molar-refractivity contribution in [1.82, 2.24) is 9.55 Å². The van der Waals surface area contributed by atoms with E-state index in [9.17, 15) is 0 Å². The van der Waals surface area contributed by atoms with Crippen LogP contribution >= 0.6 is 11.8 Å². The van der Waals surface area contributed by atoms with Crippen LogP contribution < -0.4 is 0 Å². The number of hydrogen-bond donors (Lipinski definition) is 0. The van der Waals surface area contributed by atoms with Crippen LogP contribution in [0.3, 0.4) is 0 Å². The van der Waals surface area contributed by atoms with Crippen molar-refractivity contribution >= 4 is 11.8 Å². The number of ether oxygens (including phenoxy) is 1. The lowest BCUT2D eigenvalue weighted by Crippen LogP contribution is -2.19. The molecular weight excluding hydrogens is 328 g/mol. The first-order valence-corrected chi connectivity index (χ1v) is 11.6. The highest BCUT2D eigenvalue weighted by Gasteiger charge is 2.10. The molecule has 25 heavy (non-hydrogen) atoms. The third-order valence-corrected chi connectivity index (χ3v) is 5.80. The summed E-state index contributed by atoms with van der Waals surface area (Å²) in [6.07, 6.45) is 20.6. The van der Waals surface area contributed by atoms with Crippen LogP contribution in [0.15, 0.2) is 18.7 Å². The standard InChI is InChI=1S/C21H40N2OS/c1-3-5-7-9-10-12-16-24-19-21(18-23-15-14-22-20-23)25-17-13-11-8-6-4-2/h14-15,20-21H,3-13,16-19H2,1-2H3. The van der Waals surface area contributed by atoms with Crippen LogP contribution in [0, 0.1) is 0 Å². The lowest BCUT2D eigenvalue weighted by molar-refractivity contribution is 0.128. The molecule has 0 aliphatic carbocycles. The van der Waals surface area contributed by atoms with Crippen molar-refractivity contribution in [2.45, 2.75) is 96.3 Å². The maximum absolute atomic E-state index is 5.99. The molecule has 0 aliphatic rings. The second-order valence-corrected chi connectivity index (χ2v) is 8.42. The minimum atomic E-state index is 0.542. The molecule has 0 spiro atoms. The molecule has 0 bridgehead atoms. The molecule has 1 unspecified atom stereocenters. The quantitative estimate of drug-likeness (QED) is 0.283. The van der Waals surface area contributed by atoms with Gasteiger partial charge in [-0.3, -0.25) is 0 Å². The summed E-state index contributed by atoms with van der Waals surface area (Å²) in [6.45, 7) is 7.34. The van der Waals surface area contributed by atoms with Crippen molar-refractivity contribution in [3.05, 3.63) is 18.7 Å². The van der Waals surface area contributed by atoms with Gasteiger partial charge in [-0.25, -0.2) is 4.98 Å². The predicted molar refractivity (Wildman–Crippen MR) is 111 cm³/mol. The minimum Gasteiger partial charge on any atom is -0.380 e. The lowest BCUT2D eigenvalue weighted by Gasteiger charge is -2.17. The van der Waals surface area contributed by atoms with Crippen LogP contribution in [-0.2, 0) is 11.3 Å². The fourth-order valence-electron chi connectivity index (χ4n) is 2.94. The van der Waals surface area contributed by atoms with E-state index in [0.29, 0.717) is 5.25 Å². The number of thioether (sulfide) groups is 1. The van der Waals surface area contributed by atoms with Gasteiger partial charge in [-0.05, 0) is 18.6 Å². The van der Waals surface area contributed by atoms with Crippen molar-refractivity contribution in [2.24, 2.45) is 0 Å². The number of nitrogens with zero attached hydrogens (tertiary/aromatic N) is 2. The van der Waals surface area contributed by atoms with Gasteiger partial charge in [0.25, 0.3) is 0 Å². The molecule has 0 N–H and O–H groups in total. The molecule has 0 amide bonds. The molecule has 1 aromatic rings. The van der Waals surface area contributed by atoms with Crippen molar-refractivity contribution in [1.29, 1.82) is 0 Å². The minimum absolute atomic E-state index is 0.542. The normalized spacial score (nSPS) is 12.6. The topological polar surface area (TPSA) is 27.1 Å². The molecule has 0 saturated carbocycles. The summed E-state index contributed by atoms with van der Waals surface area (Å²) in [7, 11) is 0. The second-order valence-electron chi connectivity index (χ2n) is 7.01. The average Bonchev–Trinajstić information content (AvgIpc) is 3.13. The van der Waals surface area contributed by atoms with Gasteiger partial charge in [0, 0.05) is 30.8 Å². The van der Waals surface area contributed by atoms with Crippen LogP contribution in [0.4, 0.5) is 0 Å². The molecule has 1 heterocycles. The summed E-state index contributed by atoms with van der Waals surface area (Å²) in [5.74, 6) is 1.25. The Morgan fingerprint density at radius 3 is 2.28 bits per heavy atom. The van der Waals surface area contributed by atoms with Gasteiger partial charge in [0.1, 0.15) is 0 Å². The lowest BCUT2D eigenvalue weighted by atomic mass is 10.1. The Bertz CT molecular complexity index is 370. The zero-order valence-corrected chi connectivity index (χ0v) is 17.4. The molecule has 1 aromatic heterocycles. The summed E-state index contributed by atoms with van der Waals surface area (Å²) >= 11 is 2.08. The molecule has 1 atom stereocenters. The molecule has 0 fully saturated rings. The number of aromatic nitrogens is 2. The Morgan fingerprint density at radius 1 is 0.920 bits per heavy atom. The van der Waals surface area contributed by atoms with Crippen LogP contribution in [-0.4, -0.2) is 33.8 Å². The maximum Gasteiger partial charge on any atom is 0.0946 e. The third kappa shape index (κ3) is 13.4. The molecule has 4 heteroatoms. The van der Waals surface area contributed by atoms with Crippen molar-refractivity contribution in [3.8, 4) is 0 Å². The Labute approximate surface area is 160 Å². The number of rotatable bonds is 18. The van der Waals surface area contributed by atoms with Gasteiger partial charge in [0.15, 0.2) is 0 Å². The summed E-state index contributed by atoms with van der Waals surface area (Å²) in [4.78, 5) is 4.16. The van der Waals surface area contributed by atoms with Crippen molar-refractivity contribution < 1.29 is 4.74 Å². The summed E-state index contributed by atoms with van der Waals surface area (Å²) in [5, 5.41) is 0.542. The average molecular weight is 369 g/mol. The summed E-state index contributed by atoms with van der Waals surface area (Å²) in [6, 6.07) is 0. The van der Waals surface area contributed by atoms with Crippen LogP contribution in [0.5, 0.6) is 0 Å². The van der Waals surface area contributed by atoms with Gasteiger partial charge in [-0.1, -0.05) is 71.6 Å². The molecule has 1 rings (SSSR count). The fourth-order valence-corrected chi connectivity index (χ4v) is 4.11.